The lowest BCUT2D eigenvalue weighted by atomic mass is 10.1. The van der Waals surface area contributed by atoms with Crippen LogP contribution in [0.2, 0.25) is 0 Å². The topological polar surface area (TPSA) is 75.3 Å². The normalized spacial score (nSPS) is 14.9. The Morgan fingerprint density at radius 3 is 2.39 bits per heavy atom. The summed E-state index contributed by atoms with van der Waals surface area (Å²) in [7, 11) is 4.69. The van der Waals surface area contributed by atoms with Gasteiger partial charge in [0.15, 0.2) is 23.0 Å². The van der Waals surface area contributed by atoms with Crippen molar-refractivity contribution in [2.24, 2.45) is 0 Å². The molecule has 1 aliphatic rings. The third kappa shape index (κ3) is 4.60. The van der Waals surface area contributed by atoms with Crippen molar-refractivity contribution in [3.05, 3.63) is 42.0 Å². The zero-order valence-electron chi connectivity index (χ0n) is 16.3. The molecule has 0 bridgehead atoms. The highest BCUT2D eigenvalue weighted by Gasteiger charge is 2.21. The zero-order valence-corrected chi connectivity index (χ0v) is 16.3. The van der Waals surface area contributed by atoms with E-state index in [9.17, 15) is 4.79 Å². The average Bonchev–Trinajstić information content (AvgIpc) is 2.75. The first kappa shape index (κ1) is 19.7. The molecule has 28 heavy (non-hydrogen) atoms. The number of para-hydroxylation sites is 2. The van der Waals surface area contributed by atoms with Crippen LogP contribution in [0.15, 0.2) is 36.4 Å². The summed E-state index contributed by atoms with van der Waals surface area (Å²) in [4.78, 5) is 12.2. The van der Waals surface area contributed by atoms with Crippen molar-refractivity contribution in [3.8, 4) is 28.7 Å². The lowest BCUT2D eigenvalue weighted by Gasteiger charge is -2.26. The highest BCUT2D eigenvalue weighted by Crippen LogP contribution is 2.38. The Labute approximate surface area is 164 Å². The summed E-state index contributed by atoms with van der Waals surface area (Å²) in [5.41, 5.74) is 0.927. The van der Waals surface area contributed by atoms with Gasteiger partial charge in [-0.2, -0.15) is 0 Å². The van der Waals surface area contributed by atoms with Gasteiger partial charge in [-0.25, -0.2) is 0 Å². The van der Waals surface area contributed by atoms with E-state index in [4.69, 9.17) is 23.7 Å². The minimum absolute atomic E-state index is 0.0591. The van der Waals surface area contributed by atoms with E-state index in [1.165, 1.54) is 0 Å². The summed E-state index contributed by atoms with van der Waals surface area (Å²) in [5.74, 6) is 3.05. The number of hydrogen-bond acceptors (Lipinski definition) is 6. The molecule has 1 unspecified atom stereocenters. The van der Waals surface area contributed by atoms with E-state index >= 15 is 0 Å². The molecule has 0 saturated heterocycles. The molecule has 150 valence electrons. The van der Waals surface area contributed by atoms with Gasteiger partial charge in [0.2, 0.25) is 11.7 Å². The number of aryl methyl sites for hydroxylation is 1. The van der Waals surface area contributed by atoms with Crippen LogP contribution >= 0.6 is 0 Å². The largest absolute Gasteiger partial charge is 0.493 e. The number of methoxy groups -OCH3 is 3. The van der Waals surface area contributed by atoms with Crippen molar-refractivity contribution in [3.63, 3.8) is 0 Å². The third-order valence-corrected chi connectivity index (χ3v) is 4.46. The quantitative estimate of drug-likeness (QED) is 0.751. The number of carbonyl (C=O) groups is 1. The Morgan fingerprint density at radius 1 is 1.07 bits per heavy atom. The van der Waals surface area contributed by atoms with Gasteiger partial charge >= 0.3 is 0 Å². The van der Waals surface area contributed by atoms with E-state index < -0.39 is 0 Å². The summed E-state index contributed by atoms with van der Waals surface area (Å²) < 4.78 is 27.5. The minimum Gasteiger partial charge on any atom is -0.493 e. The molecule has 1 amide bonds. The Balaban J connectivity index is 1.51. The molecule has 1 aliphatic heterocycles. The second-order valence-electron chi connectivity index (χ2n) is 6.34. The van der Waals surface area contributed by atoms with Crippen molar-refractivity contribution < 1.29 is 28.5 Å². The lowest BCUT2D eigenvalue weighted by Crippen LogP contribution is -2.40. The van der Waals surface area contributed by atoms with Crippen LogP contribution in [0.1, 0.15) is 12.0 Å². The molecule has 2 aromatic carbocycles. The average molecular weight is 387 g/mol. The Hall–Kier alpha value is -3.09. The first-order valence-corrected chi connectivity index (χ1v) is 9.08. The molecule has 0 spiro atoms. The maximum atomic E-state index is 12.2. The third-order valence-electron chi connectivity index (χ3n) is 4.46. The number of hydrogen-bond donors (Lipinski definition) is 1. The van der Waals surface area contributed by atoms with Crippen LogP contribution in [-0.4, -0.2) is 46.5 Å². The molecule has 3 rings (SSSR count). The van der Waals surface area contributed by atoms with E-state index in [0.717, 1.165) is 11.3 Å². The van der Waals surface area contributed by atoms with Gasteiger partial charge in [0.05, 0.1) is 27.9 Å². The van der Waals surface area contributed by atoms with E-state index in [-0.39, 0.29) is 12.0 Å². The van der Waals surface area contributed by atoms with Crippen molar-refractivity contribution in [2.75, 3.05) is 34.5 Å². The molecule has 0 fully saturated rings. The molecular formula is C21H25NO6. The fourth-order valence-electron chi connectivity index (χ4n) is 3.02. The molecule has 1 N–H and O–H groups in total. The summed E-state index contributed by atoms with van der Waals surface area (Å²) in [6, 6.07) is 11.2. The van der Waals surface area contributed by atoms with Gasteiger partial charge in [-0.3, -0.25) is 4.79 Å². The van der Waals surface area contributed by atoms with Crippen molar-refractivity contribution in [1.29, 1.82) is 0 Å². The molecule has 0 radical (unpaired) electrons. The molecular weight excluding hydrogens is 362 g/mol. The maximum Gasteiger partial charge on any atom is 0.220 e. The molecule has 0 aliphatic carbocycles. The summed E-state index contributed by atoms with van der Waals surface area (Å²) in [6.45, 7) is 0.798. The van der Waals surface area contributed by atoms with Crippen LogP contribution in [0.4, 0.5) is 0 Å². The van der Waals surface area contributed by atoms with Crippen LogP contribution in [0, 0.1) is 0 Å². The number of amides is 1. The molecule has 2 aromatic rings. The lowest BCUT2D eigenvalue weighted by molar-refractivity contribution is -0.121. The van der Waals surface area contributed by atoms with E-state index in [2.05, 4.69) is 5.32 Å². The van der Waals surface area contributed by atoms with Gasteiger partial charge in [-0.05, 0) is 36.2 Å². The highest BCUT2D eigenvalue weighted by atomic mass is 16.6. The Morgan fingerprint density at radius 2 is 1.75 bits per heavy atom. The summed E-state index contributed by atoms with van der Waals surface area (Å²) in [5, 5.41) is 2.90. The van der Waals surface area contributed by atoms with Gasteiger partial charge in [-0.15, -0.1) is 0 Å². The van der Waals surface area contributed by atoms with Crippen molar-refractivity contribution >= 4 is 5.91 Å². The molecule has 7 nitrogen and oxygen atoms in total. The van der Waals surface area contributed by atoms with E-state index in [1.807, 2.05) is 36.4 Å². The molecule has 1 heterocycles. The predicted molar refractivity (Wildman–Crippen MR) is 104 cm³/mol. The number of rotatable bonds is 8. The van der Waals surface area contributed by atoms with Gasteiger partial charge in [0.1, 0.15) is 12.7 Å². The van der Waals surface area contributed by atoms with Crippen LogP contribution < -0.4 is 29.0 Å². The fourth-order valence-corrected chi connectivity index (χ4v) is 3.02. The van der Waals surface area contributed by atoms with Gasteiger partial charge in [0.25, 0.3) is 0 Å². The number of nitrogens with one attached hydrogen (secondary N) is 1. The second-order valence-corrected chi connectivity index (χ2v) is 6.34. The summed E-state index contributed by atoms with van der Waals surface area (Å²) in [6.07, 6.45) is 0.677. The molecule has 0 saturated carbocycles. The van der Waals surface area contributed by atoms with Gasteiger partial charge < -0.3 is 29.0 Å². The van der Waals surface area contributed by atoms with Gasteiger partial charge in [-0.1, -0.05) is 12.1 Å². The van der Waals surface area contributed by atoms with E-state index in [1.54, 1.807) is 21.3 Å². The number of benzene rings is 2. The monoisotopic (exact) mass is 387 g/mol. The summed E-state index contributed by atoms with van der Waals surface area (Å²) >= 11 is 0. The molecule has 1 atom stereocenters. The number of ether oxygens (including phenoxy) is 5. The first-order chi connectivity index (χ1) is 13.6. The fraction of sp³-hybridized carbons (Fsp3) is 0.381. The minimum atomic E-state index is -0.208. The smallest absolute Gasteiger partial charge is 0.220 e. The van der Waals surface area contributed by atoms with E-state index in [0.29, 0.717) is 49.0 Å². The SMILES string of the molecule is COc1cc(CCC(=O)NCC2COc3ccccc3O2)cc(OC)c1OC. The number of carbonyl (C=O) groups excluding carboxylic acids is 1. The molecule has 7 heteroatoms. The van der Waals surface area contributed by atoms with Crippen LogP contribution in [-0.2, 0) is 11.2 Å². The van der Waals surface area contributed by atoms with Crippen LogP contribution in [0.5, 0.6) is 28.7 Å². The zero-order chi connectivity index (χ0) is 19.9. The maximum absolute atomic E-state index is 12.2. The predicted octanol–water partition coefficient (Wildman–Crippen LogP) is 2.60. The second kappa shape index (κ2) is 9.21. The highest BCUT2D eigenvalue weighted by molar-refractivity contribution is 5.76. The van der Waals surface area contributed by atoms with Gasteiger partial charge in [0, 0.05) is 6.42 Å². The van der Waals surface area contributed by atoms with Crippen LogP contribution in [0.3, 0.4) is 0 Å². The van der Waals surface area contributed by atoms with Crippen LogP contribution in [0.25, 0.3) is 0 Å². The van der Waals surface area contributed by atoms with Crippen molar-refractivity contribution in [1.82, 2.24) is 5.32 Å². The molecule has 0 aromatic heterocycles. The Bertz CT molecular complexity index is 797. The standard InChI is InChI=1S/C21H25NO6/c1-24-18-10-14(11-19(25-2)21(18)26-3)8-9-20(23)22-12-15-13-27-16-6-4-5-7-17(16)28-15/h4-7,10-11,15H,8-9,12-13H2,1-3H3,(H,22,23). The Kier molecular flexibility index (Phi) is 6.47. The first-order valence-electron chi connectivity index (χ1n) is 9.08. The van der Waals surface area contributed by atoms with Crippen molar-refractivity contribution in [2.45, 2.75) is 18.9 Å². The number of fused-ring (bicyclic) bond motifs is 1.